The monoisotopic (exact) mass is 222 g/mol. The summed E-state index contributed by atoms with van der Waals surface area (Å²) in [7, 11) is 0. The van der Waals surface area contributed by atoms with Crippen LogP contribution in [-0.4, -0.2) is 9.97 Å². The zero-order valence-electron chi connectivity index (χ0n) is 9.72. The van der Waals surface area contributed by atoms with Crippen LogP contribution in [0.5, 0.6) is 0 Å². The van der Waals surface area contributed by atoms with Gasteiger partial charge >= 0.3 is 0 Å². The fourth-order valence-corrected chi connectivity index (χ4v) is 2.08. The third kappa shape index (κ3) is 1.82. The van der Waals surface area contributed by atoms with Gasteiger partial charge in [-0.15, -0.1) is 0 Å². The lowest BCUT2D eigenvalue weighted by molar-refractivity contribution is 0.846. The molecule has 0 bridgehead atoms. The maximum atomic E-state index is 4.63. The van der Waals surface area contributed by atoms with Crippen molar-refractivity contribution in [1.29, 1.82) is 0 Å². The van der Waals surface area contributed by atoms with Crippen molar-refractivity contribution in [2.24, 2.45) is 0 Å². The number of imidazole rings is 1. The van der Waals surface area contributed by atoms with Gasteiger partial charge in [0.05, 0.1) is 11.0 Å². The lowest BCUT2D eigenvalue weighted by atomic mass is 10.0. The van der Waals surface area contributed by atoms with Crippen LogP contribution in [0.4, 0.5) is 0 Å². The predicted octanol–water partition coefficient (Wildman–Crippen LogP) is 3.71. The van der Waals surface area contributed by atoms with Crippen LogP contribution in [0.2, 0.25) is 0 Å². The Bertz CT molecular complexity index is 592. The van der Waals surface area contributed by atoms with Crippen molar-refractivity contribution in [2.45, 2.75) is 12.8 Å². The van der Waals surface area contributed by atoms with Gasteiger partial charge < -0.3 is 4.98 Å². The number of aromatic nitrogens is 2. The normalized spacial score (nSPS) is 12.8. The molecule has 0 fully saturated rings. The van der Waals surface area contributed by atoms with E-state index in [9.17, 15) is 0 Å². The maximum Gasteiger partial charge on any atom is 0.114 e. The van der Waals surface area contributed by atoms with E-state index in [2.05, 4.69) is 47.2 Å². The summed E-state index contributed by atoms with van der Waals surface area (Å²) < 4.78 is 0. The number of H-pyrrole nitrogens is 1. The van der Waals surface area contributed by atoms with E-state index >= 15 is 0 Å². The molecule has 1 aromatic heterocycles. The molecule has 0 amide bonds. The van der Waals surface area contributed by atoms with Gasteiger partial charge in [0.15, 0.2) is 0 Å². The summed E-state index contributed by atoms with van der Waals surface area (Å²) in [6.45, 7) is 2.17. The first-order valence-corrected chi connectivity index (χ1v) is 5.84. The number of benzene rings is 2. The molecule has 2 nitrogen and oxygen atoms in total. The van der Waals surface area contributed by atoms with Gasteiger partial charge in [0, 0.05) is 5.92 Å². The molecule has 3 rings (SSSR count). The minimum Gasteiger partial charge on any atom is -0.341 e. The molecule has 0 aliphatic rings. The number of hydrogen-bond acceptors (Lipinski definition) is 1. The topological polar surface area (TPSA) is 28.7 Å². The van der Waals surface area contributed by atoms with Crippen molar-refractivity contribution in [3.63, 3.8) is 0 Å². The van der Waals surface area contributed by atoms with Gasteiger partial charge in [-0.2, -0.15) is 0 Å². The number of para-hydroxylation sites is 2. The van der Waals surface area contributed by atoms with Crippen LogP contribution < -0.4 is 0 Å². The number of hydrogen-bond donors (Lipinski definition) is 1. The molecule has 0 saturated carbocycles. The molecule has 1 N–H and O–H groups in total. The Morgan fingerprint density at radius 1 is 0.941 bits per heavy atom. The molecule has 0 spiro atoms. The number of aromatic amines is 1. The van der Waals surface area contributed by atoms with Crippen molar-refractivity contribution in [2.75, 3.05) is 0 Å². The van der Waals surface area contributed by atoms with E-state index in [-0.39, 0.29) is 0 Å². The van der Waals surface area contributed by atoms with E-state index in [4.69, 9.17) is 0 Å². The second-order valence-electron chi connectivity index (χ2n) is 4.27. The van der Waals surface area contributed by atoms with Crippen molar-refractivity contribution in [3.05, 3.63) is 66.0 Å². The quantitative estimate of drug-likeness (QED) is 0.703. The van der Waals surface area contributed by atoms with E-state index in [0.717, 1.165) is 16.9 Å². The van der Waals surface area contributed by atoms with Crippen molar-refractivity contribution >= 4 is 11.0 Å². The Morgan fingerprint density at radius 2 is 1.65 bits per heavy atom. The number of fused-ring (bicyclic) bond motifs is 1. The third-order valence-electron chi connectivity index (χ3n) is 3.12. The summed E-state index contributed by atoms with van der Waals surface area (Å²) in [4.78, 5) is 8.02. The van der Waals surface area contributed by atoms with Crippen LogP contribution in [0.25, 0.3) is 11.0 Å². The number of nitrogens with one attached hydrogen (secondary N) is 1. The Labute approximate surface area is 100 Å². The summed E-state index contributed by atoms with van der Waals surface area (Å²) >= 11 is 0. The molecule has 0 unspecified atom stereocenters. The summed E-state index contributed by atoms with van der Waals surface area (Å²) in [5, 5.41) is 0. The lowest BCUT2D eigenvalue weighted by Gasteiger charge is -2.07. The first-order valence-electron chi connectivity index (χ1n) is 5.84. The summed E-state index contributed by atoms with van der Waals surface area (Å²) in [5.74, 6) is 1.32. The number of nitrogens with zero attached hydrogens (tertiary/aromatic N) is 1. The molecule has 0 aliphatic carbocycles. The van der Waals surface area contributed by atoms with Crippen molar-refractivity contribution < 1.29 is 0 Å². The summed E-state index contributed by atoms with van der Waals surface area (Å²) in [5.41, 5.74) is 3.42. The molecule has 2 heteroatoms. The zero-order valence-corrected chi connectivity index (χ0v) is 9.72. The fraction of sp³-hybridized carbons (Fsp3) is 0.133. The minimum absolute atomic E-state index is 0.295. The van der Waals surface area contributed by atoms with Crippen LogP contribution in [-0.2, 0) is 0 Å². The van der Waals surface area contributed by atoms with E-state index in [1.165, 1.54) is 5.56 Å². The molecule has 0 radical (unpaired) electrons. The van der Waals surface area contributed by atoms with Gasteiger partial charge in [-0.1, -0.05) is 49.4 Å². The average Bonchev–Trinajstić information content (AvgIpc) is 2.82. The second kappa shape index (κ2) is 4.06. The predicted molar refractivity (Wildman–Crippen MR) is 70.1 cm³/mol. The van der Waals surface area contributed by atoms with Gasteiger partial charge in [0.2, 0.25) is 0 Å². The highest BCUT2D eigenvalue weighted by Crippen LogP contribution is 2.23. The molecule has 3 aromatic rings. The smallest absolute Gasteiger partial charge is 0.114 e. The van der Waals surface area contributed by atoms with Crippen molar-refractivity contribution in [1.82, 2.24) is 9.97 Å². The van der Waals surface area contributed by atoms with Crippen LogP contribution in [0.1, 0.15) is 24.2 Å². The zero-order chi connectivity index (χ0) is 11.7. The fourth-order valence-electron chi connectivity index (χ4n) is 2.08. The average molecular weight is 222 g/mol. The van der Waals surface area contributed by atoms with E-state index in [1.54, 1.807) is 0 Å². The summed E-state index contributed by atoms with van der Waals surface area (Å²) in [6.07, 6.45) is 0. The highest BCUT2D eigenvalue weighted by Gasteiger charge is 2.12. The van der Waals surface area contributed by atoms with Crippen LogP contribution in [0.3, 0.4) is 0 Å². The number of rotatable bonds is 2. The largest absolute Gasteiger partial charge is 0.341 e. The van der Waals surface area contributed by atoms with Gasteiger partial charge in [-0.3, -0.25) is 0 Å². The summed E-state index contributed by atoms with van der Waals surface area (Å²) in [6, 6.07) is 18.6. The molecular weight excluding hydrogens is 208 g/mol. The maximum absolute atomic E-state index is 4.63. The molecule has 2 aromatic carbocycles. The molecular formula is C15H14N2. The van der Waals surface area contributed by atoms with Gasteiger partial charge in [0.1, 0.15) is 5.82 Å². The lowest BCUT2D eigenvalue weighted by Crippen LogP contribution is -1.97. The second-order valence-corrected chi connectivity index (χ2v) is 4.27. The molecule has 1 atom stereocenters. The van der Waals surface area contributed by atoms with Crippen LogP contribution in [0, 0.1) is 0 Å². The molecule has 0 aliphatic heterocycles. The molecule has 84 valence electrons. The Kier molecular flexibility index (Phi) is 2.41. The van der Waals surface area contributed by atoms with E-state index in [1.807, 2.05) is 24.3 Å². The SMILES string of the molecule is C[C@@H](c1ccccc1)c1nc2ccccc2[nH]1. The minimum atomic E-state index is 0.295. The molecule has 17 heavy (non-hydrogen) atoms. The van der Waals surface area contributed by atoms with Gasteiger partial charge in [-0.05, 0) is 17.7 Å². The standard InChI is InChI=1S/C15H14N2/c1-11(12-7-3-2-4-8-12)15-16-13-9-5-6-10-14(13)17-15/h2-11H,1H3,(H,16,17)/t11-/m0/s1. The third-order valence-corrected chi connectivity index (χ3v) is 3.12. The molecule has 0 saturated heterocycles. The Hall–Kier alpha value is -2.09. The Balaban J connectivity index is 2.04. The Morgan fingerprint density at radius 3 is 2.41 bits per heavy atom. The van der Waals surface area contributed by atoms with Crippen molar-refractivity contribution in [3.8, 4) is 0 Å². The van der Waals surface area contributed by atoms with E-state index < -0.39 is 0 Å². The first kappa shape index (κ1) is 10.1. The van der Waals surface area contributed by atoms with Gasteiger partial charge in [0.25, 0.3) is 0 Å². The first-order chi connectivity index (χ1) is 8.34. The highest BCUT2D eigenvalue weighted by atomic mass is 14.9. The van der Waals surface area contributed by atoms with Crippen LogP contribution >= 0.6 is 0 Å². The highest BCUT2D eigenvalue weighted by molar-refractivity contribution is 5.74. The van der Waals surface area contributed by atoms with Crippen LogP contribution in [0.15, 0.2) is 54.6 Å². The molecule has 1 heterocycles. The van der Waals surface area contributed by atoms with Gasteiger partial charge in [-0.25, -0.2) is 4.98 Å². The van der Waals surface area contributed by atoms with E-state index in [0.29, 0.717) is 5.92 Å².